The van der Waals surface area contributed by atoms with Crippen LogP contribution in [0.5, 0.6) is 0 Å². The van der Waals surface area contributed by atoms with E-state index >= 15 is 0 Å². The molecule has 0 bridgehead atoms. The number of amides is 2. The van der Waals surface area contributed by atoms with Crippen LogP contribution >= 0.6 is 0 Å². The Bertz CT molecular complexity index is 548. The molecule has 3 N–H and O–H groups in total. The molecule has 0 saturated heterocycles. The fourth-order valence-electron chi connectivity index (χ4n) is 1.61. The van der Waals surface area contributed by atoms with Gasteiger partial charge in [-0.1, -0.05) is 20.8 Å². The lowest BCUT2D eigenvalue weighted by atomic mass is 9.87. The van der Waals surface area contributed by atoms with Gasteiger partial charge >= 0.3 is 12.0 Å². The van der Waals surface area contributed by atoms with Gasteiger partial charge in [-0.3, -0.25) is 10.1 Å². The summed E-state index contributed by atoms with van der Waals surface area (Å²) in [5.41, 5.74) is -0.422. The summed E-state index contributed by atoms with van der Waals surface area (Å²) in [4.78, 5) is 32.9. The zero-order valence-corrected chi connectivity index (χ0v) is 11.9. The van der Waals surface area contributed by atoms with E-state index in [0.717, 1.165) is 0 Å². The van der Waals surface area contributed by atoms with E-state index in [1.54, 1.807) is 20.8 Å². The summed E-state index contributed by atoms with van der Waals surface area (Å²) in [5.74, 6) is -1.14. The van der Waals surface area contributed by atoms with Crippen LogP contribution in [0.1, 0.15) is 20.8 Å². The summed E-state index contributed by atoms with van der Waals surface area (Å²) in [7, 11) is 0. The Hall–Kier alpha value is -2.64. The fourth-order valence-corrected chi connectivity index (χ4v) is 1.61. The maximum Gasteiger partial charge on any atom is 0.326 e. The molecule has 8 heteroatoms. The van der Waals surface area contributed by atoms with Gasteiger partial charge in [0.2, 0.25) is 0 Å². The third kappa shape index (κ3) is 4.75. The van der Waals surface area contributed by atoms with E-state index in [1.165, 1.54) is 24.3 Å². The number of hydrogen-bond acceptors (Lipinski definition) is 4. The van der Waals surface area contributed by atoms with Crippen LogP contribution in [0, 0.1) is 15.5 Å². The minimum Gasteiger partial charge on any atom is -0.480 e. The Labute approximate surface area is 121 Å². The molecule has 0 aliphatic heterocycles. The Morgan fingerprint density at radius 1 is 1.24 bits per heavy atom. The van der Waals surface area contributed by atoms with E-state index in [-0.39, 0.29) is 5.69 Å². The molecule has 0 unspecified atom stereocenters. The minimum atomic E-state index is -1.14. The number of benzene rings is 1. The Morgan fingerprint density at radius 2 is 1.76 bits per heavy atom. The molecule has 0 radical (unpaired) electrons. The zero-order valence-electron chi connectivity index (χ0n) is 11.9. The minimum absolute atomic E-state index is 0.0981. The second-order valence-electron chi connectivity index (χ2n) is 5.54. The number of nitro benzene ring substituents is 1. The number of nitrogens with zero attached hydrogens (tertiary/aromatic N) is 1. The first-order chi connectivity index (χ1) is 9.61. The average molecular weight is 295 g/mol. The number of anilines is 1. The maximum atomic E-state index is 11.8. The van der Waals surface area contributed by atoms with Crippen LogP contribution in [0.15, 0.2) is 24.3 Å². The van der Waals surface area contributed by atoms with Gasteiger partial charge in [-0.2, -0.15) is 0 Å². The molecule has 2 amide bonds. The molecule has 114 valence electrons. The highest BCUT2D eigenvalue weighted by Crippen LogP contribution is 2.20. The standard InChI is InChI=1S/C13H17N3O5/c1-13(2,3)10(11(17)18)15-12(19)14-8-4-6-9(7-5-8)16(20)21/h4-7,10H,1-3H3,(H,17,18)(H2,14,15,19)/t10-/m0/s1. The molecular weight excluding hydrogens is 278 g/mol. The third-order valence-corrected chi connectivity index (χ3v) is 2.72. The van der Waals surface area contributed by atoms with E-state index < -0.39 is 28.4 Å². The van der Waals surface area contributed by atoms with Crippen molar-refractivity contribution in [2.45, 2.75) is 26.8 Å². The number of rotatable bonds is 4. The number of nitro groups is 1. The fraction of sp³-hybridized carbons (Fsp3) is 0.385. The predicted octanol–water partition coefficient (Wildman–Crippen LogP) is 2.22. The van der Waals surface area contributed by atoms with Crippen molar-refractivity contribution >= 4 is 23.4 Å². The summed E-state index contributed by atoms with van der Waals surface area (Å²) in [5, 5.41) is 24.4. The van der Waals surface area contributed by atoms with Crippen molar-refractivity contribution in [3.63, 3.8) is 0 Å². The monoisotopic (exact) mass is 295 g/mol. The van der Waals surface area contributed by atoms with E-state index in [0.29, 0.717) is 5.69 Å². The molecule has 0 saturated carbocycles. The third-order valence-electron chi connectivity index (χ3n) is 2.72. The van der Waals surface area contributed by atoms with Crippen molar-refractivity contribution in [2.24, 2.45) is 5.41 Å². The second kappa shape index (κ2) is 6.21. The molecule has 1 atom stereocenters. The molecule has 0 aliphatic rings. The van der Waals surface area contributed by atoms with E-state index in [4.69, 9.17) is 5.11 Å². The number of nitrogens with one attached hydrogen (secondary N) is 2. The number of hydrogen-bond donors (Lipinski definition) is 3. The maximum absolute atomic E-state index is 11.8. The van der Waals surface area contributed by atoms with Gasteiger partial charge in [0.1, 0.15) is 6.04 Å². The normalized spacial score (nSPS) is 12.3. The van der Waals surface area contributed by atoms with E-state index in [9.17, 15) is 19.7 Å². The highest BCUT2D eigenvalue weighted by Gasteiger charge is 2.32. The number of aliphatic carboxylic acids is 1. The van der Waals surface area contributed by atoms with Gasteiger partial charge in [0.05, 0.1) is 4.92 Å². The Balaban J connectivity index is 2.72. The van der Waals surface area contributed by atoms with Crippen LogP contribution < -0.4 is 10.6 Å². The molecule has 0 heterocycles. The van der Waals surface area contributed by atoms with E-state index in [2.05, 4.69) is 10.6 Å². The van der Waals surface area contributed by atoms with Gasteiger partial charge in [-0.25, -0.2) is 9.59 Å². The van der Waals surface area contributed by atoms with Crippen molar-refractivity contribution < 1.29 is 19.6 Å². The summed E-state index contributed by atoms with van der Waals surface area (Å²) < 4.78 is 0. The zero-order chi connectivity index (χ0) is 16.2. The van der Waals surface area contributed by atoms with Gasteiger partial charge in [-0.15, -0.1) is 0 Å². The van der Waals surface area contributed by atoms with Crippen molar-refractivity contribution in [3.05, 3.63) is 34.4 Å². The SMILES string of the molecule is CC(C)(C)[C@@H](NC(=O)Nc1ccc([N+](=O)[O-])cc1)C(=O)O. The number of carbonyl (C=O) groups excluding carboxylic acids is 1. The lowest BCUT2D eigenvalue weighted by Gasteiger charge is -2.27. The first-order valence-electron chi connectivity index (χ1n) is 6.16. The predicted molar refractivity (Wildman–Crippen MR) is 76.1 cm³/mol. The van der Waals surface area contributed by atoms with Gasteiger partial charge in [0, 0.05) is 17.8 Å². The molecule has 0 spiro atoms. The van der Waals surface area contributed by atoms with Crippen LogP contribution in [-0.2, 0) is 4.79 Å². The van der Waals surface area contributed by atoms with Crippen molar-refractivity contribution in [3.8, 4) is 0 Å². The molecule has 1 aromatic rings. The largest absolute Gasteiger partial charge is 0.480 e. The lowest BCUT2D eigenvalue weighted by Crippen LogP contribution is -2.50. The van der Waals surface area contributed by atoms with Crippen LogP contribution in [0.2, 0.25) is 0 Å². The van der Waals surface area contributed by atoms with E-state index in [1.807, 2.05) is 0 Å². The van der Waals surface area contributed by atoms with Crippen molar-refractivity contribution in [1.82, 2.24) is 5.32 Å². The number of carboxylic acids is 1. The van der Waals surface area contributed by atoms with Crippen molar-refractivity contribution in [1.29, 1.82) is 0 Å². The molecule has 0 aromatic heterocycles. The highest BCUT2D eigenvalue weighted by atomic mass is 16.6. The Kier molecular flexibility index (Phi) is 4.85. The smallest absolute Gasteiger partial charge is 0.326 e. The topological polar surface area (TPSA) is 122 Å². The molecular formula is C13H17N3O5. The number of non-ortho nitro benzene ring substituents is 1. The molecule has 1 aromatic carbocycles. The number of carboxylic acid groups (broad SMARTS) is 1. The quantitative estimate of drug-likeness (QED) is 0.580. The summed E-state index contributed by atoms with van der Waals surface area (Å²) in [6.45, 7) is 5.08. The summed E-state index contributed by atoms with van der Waals surface area (Å²) in [6, 6.07) is 3.47. The number of carbonyl (C=O) groups is 2. The molecule has 21 heavy (non-hydrogen) atoms. The molecule has 8 nitrogen and oxygen atoms in total. The van der Waals surface area contributed by atoms with Crippen LogP contribution in [0.25, 0.3) is 0 Å². The van der Waals surface area contributed by atoms with Gasteiger partial charge < -0.3 is 15.7 Å². The number of urea groups is 1. The van der Waals surface area contributed by atoms with Crippen molar-refractivity contribution in [2.75, 3.05) is 5.32 Å². The lowest BCUT2D eigenvalue weighted by molar-refractivity contribution is -0.384. The highest BCUT2D eigenvalue weighted by molar-refractivity contribution is 5.92. The van der Waals surface area contributed by atoms with Crippen LogP contribution in [0.4, 0.5) is 16.2 Å². The first kappa shape index (κ1) is 16.4. The van der Waals surface area contributed by atoms with Gasteiger partial charge in [0.15, 0.2) is 0 Å². The summed E-state index contributed by atoms with van der Waals surface area (Å²) >= 11 is 0. The van der Waals surface area contributed by atoms with Crippen LogP contribution in [-0.4, -0.2) is 28.1 Å². The molecule has 0 fully saturated rings. The van der Waals surface area contributed by atoms with Crippen LogP contribution in [0.3, 0.4) is 0 Å². The first-order valence-corrected chi connectivity index (χ1v) is 6.16. The van der Waals surface area contributed by atoms with Gasteiger partial charge in [0.25, 0.3) is 5.69 Å². The Morgan fingerprint density at radius 3 is 2.14 bits per heavy atom. The second-order valence-corrected chi connectivity index (χ2v) is 5.54. The molecule has 0 aliphatic carbocycles. The van der Waals surface area contributed by atoms with Gasteiger partial charge in [-0.05, 0) is 17.5 Å². The molecule has 1 rings (SSSR count). The average Bonchev–Trinajstić information content (AvgIpc) is 2.35. The summed E-state index contributed by atoms with van der Waals surface area (Å²) in [6.07, 6.45) is 0.